The van der Waals surface area contributed by atoms with E-state index in [1.807, 2.05) is 13.0 Å². The monoisotopic (exact) mass is 416 g/mol. The Morgan fingerprint density at radius 2 is 1.77 bits per heavy atom. The Labute approximate surface area is 178 Å². The third kappa shape index (κ3) is 4.89. The van der Waals surface area contributed by atoms with Crippen LogP contribution in [0.4, 0.5) is 4.79 Å². The largest absolute Gasteiger partial charge is 0.490 e. The SMILES string of the molecule is C[C@@H](C(=O)NC(=O)NC1CCCCC1)[NH+]1CCC[C@@H]1c1ccc2c(c1)OCCCO2. The number of imide groups is 1. The van der Waals surface area contributed by atoms with Crippen molar-refractivity contribution in [1.29, 1.82) is 0 Å². The average Bonchev–Trinajstić information content (AvgIpc) is 3.12. The number of fused-ring (bicyclic) bond motifs is 1. The molecule has 0 spiro atoms. The number of rotatable bonds is 4. The third-order valence-electron chi connectivity index (χ3n) is 6.71. The maximum absolute atomic E-state index is 12.8. The average molecular weight is 417 g/mol. The number of hydrogen-bond acceptors (Lipinski definition) is 4. The highest BCUT2D eigenvalue weighted by Gasteiger charge is 2.38. The number of carbonyl (C=O) groups excluding carboxylic acids is 2. The van der Waals surface area contributed by atoms with Crippen LogP contribution >= 0.6 is 0 Å². The Morgan fingerprint density at radius 3 is 2.57 bits per heavy atom. The van der Waals surface area contributed by atoms with Crippen LogP contribution in [-0.2, 0) is 4.79 Å². The van der Waals surface area contributed by atoms with Crippen molar-refractivity contribution < 1.29 is 24.0 Å². The molecule has 2 fully saturated rings. The number of carbonyl (C=O) groups is 2. The Kier molecular flexibility index (Phi) is 6.77. The van der Waals surface area contributed by atoms with Crippen LogP contribution in [0.3, 0.4) is 0 Å². The molecule has 30 heavy (non-hydrogen) atoms. The minimum Gasteiger partial charge on any atom is -0.490 e. The highest BCUT2D eigenvalue weighted by Crippen LogP contribution is 2.33. The molecule has 7 nitrogen and oxygen atoms in total. The quantitative estimate of drug-likeness (QED) is 0.702. The first kappa shape index (κ1) is 21.0. The van der Waals surface area contributed by atoms with E-state index in [-0.39, 0.29) is 30.1 Å². The van der Waals surface area contributed by atoms with E-state index >= 15 is 0 Å². The molecule has 1 saturated carbocycles. The Hall–Kier alpha value is -2.28. The summed E-state index contributed by atoms with van der Waals surface area (Å²) in [6.45, 7) is 4.16. The number of nitrogens with one attached hydrogen (secondary N) is 3. The first-order valence-corrected chi connectivity index (χ1v) is 11.5. The summed E-state index contributed by atoms with van der Waals surface area (Å²) < 4.78 is 11.6. The lowest BCUT2D eigenvalue weighted by Gasteiger charge is -2.28. The molecule has 0 bridgehead atoms. The van der Waals surface area contributed by atoms with E-state index < -0.39 is 0 Å². The molecule has 2 aliphatic heterocycles. The summed E-state index contributed by atoms with van der Waals surface area (Å²) in [5.74, 6) is 1.38. The van der Waals surface area contributed by atoms with Crippen molar-refractivity contribution in [3.63, 3.8) is 0 Å². The number of quaternary nitrogens is 1. The van der Waals surface area contributed by atoms with Crippen molar-refractivity contribution in [2.75, 3.05) is 19.8 Å². The van der Waals surface area contributed by atoms with Gasteiger partial charge in [0.2, 0.25) is 0 Å². The first-order chi connectivity index (χ1) is 14.6. The summed E-state index contributed by atoms with van der Waals surface area (Å²) >= 11 is 0. The minimum absolute atomic E-state index is 0.190. The Morgan fingerprint density at radius 1 is 1.00 bits per heavy atom. The highest BCUT2D eigenvalue weighted by molar-refractivity contribution is 5.96. The summed E-state index contributed by atoms with van der Waals surface area (Å²) in [5, 5.41) is 5.55. The topological polar surface area (TPSA) is 81.1 Å². The second-order valence-electron chi connectivity index (χ2n) is 8.80. The molecule has 4 rings (SSSR count). The van der Waals surface area contributed by atoms with Gasteiger partial charge in [-0.25, -0.2) is 4.79 Å². The number of likely N-dealkylation sites (tertiary alicyclic amines) is 1. The fraction of sp³-hybridized carbons (Fsp3) is 0.652. The third-order valence-corrected chi connectivity index (χ3v) is 6.71. The summed E-state index contributed by atoms with van der Waals surface area (Å²) in [6.07, 6.45) is 8.47. The highest BCUT2D eigenvalue weighted by atomic mass is 16.5. The Bertz CT molecular complexity index is 763. The molecule has 3 amide bonds. The Balaban J connectivity index is 1.38. The standard InChI is InChI=1S/C23H33N3O4/c1-16(22(27)25-23(28)24-18-7-3-2-4-8-18)26-12-5-9-19(26)17-10-11-20-21(15-17)30-14-6-13-29-20/h10-11,15-16,18-19H,2-9,12-14H2,1H3,(H2,24,25,27,28)/p+1/t16-,19+/m0/s1. The zero-order valence-electron chi connectivity index (χ0n) is 17.9. The van der Waals surface area contributed by atoms with Crippen LogP contribution in [0.15, 0.2) is 18.2 Å². The van der Waals surface area contributed by atoms with E-state index in [1.54, 1.807) is 0 Å². The molecular weight excluding hydrogens is 382 g/mol. The molecule has 1 aliphatic carbocycles. The van der Waals surface area contributed by atoms with Gasteiger partial charge in [0.15, 0.2) is 17.5 Å². The van der Waals surface area contributed by atoms with E-state index in [9.17, 15) is 9.59 Å². The molecule has 1 aromatic carbocycles. The van der Waals surface area contributed by atoms with Gasteiger partial charge in [-0.05, 0) is 38.0 Å². The molecule has 1 aromatic rings. The lowest BCUT2D eigenvalue weighted by molar-refractivity contribution is -0.932. The summed E-state index contributed by atoms with van der Waals surface area (Å²) in [4.78, 5) is 26.3. The maximum atomic E-state index is 12.8. The summed E-state index contributed by atoms with van der Waals surface area (Å²) in [7, 11) is 0. The van der Waals surface area contributed by atoms with Crippen LogP contribution in [0.2, 0.25) is 0 Å². The van der Waals surface area contributed by atoms with Gasteiger partial charge in [0.25, 0.3) is 5.91 Å². The lowest BCUT2D eigenvalue weighted by atomic mass is 9.96. The molecule has 3 aliphatic rings. The van der Waals surface area contributed by atoms with Crippen molar-refractivity contribution >= 4 is 11.9 Å². The van der Waals surface area contributed by atoms with Crippen LogP contribution in [0, 0.1) is 0 Å². The van der Waals surface area contributed by atoms with Crippen LogP contribution in [0.5, 0.6) is 11.5 Å². The minimum atomic E-state index is -0.357. The van der Waals surface area contributed by atoms with E-state index in [1.165, 1.54) is 11.3 Å². The number of benzene rings is 1. The molecule has 7 heteroatoms. The van der Waals surface area contributed by atoms with Gasteiger partial charge in [-0.1, -0.05) is 19.3 Å². The van der Waals surface area contributed by atoms with Gasteiger partial charge in [-0.2, -0.15) is 0 Å². The van der Waals surface area contributed by atoms with Gasteiger partial charge in [-0.15, -0.1) is 0 Å². The second kappa shape index (κ2) is 9.69. The van der Waals surface area contributed by atoms with Crippen LogP contribution < -0.4 is 25.0 Å². The van der Waals surface area contributed by atoms with E-state index in [0.717, 1.165) is 68.6 Å². The zero-order chi connectivity index (χ0) is 20.9. The molecule has 0 aromatic heterocycles. The zero-order valence-corrected chi connectivity index (χ0v) is 17.9. The van der Waals surface area contributed by atoms with E-state index in [2.05, 4.69) is 22.8 Å². The second-order valence-corrected chi connectivity index (χ2v) is 8.80. The molecular formula is C23H34N3O4+. The van der Waals surface area contributed by atoms with Gasteiger partial charge in [0.1, 0.15) is 6.04 Å². The van der Waals surface area contributed by atoms with Crippen LogP contribution in [-0.4, -0.2) is 43.8 Å². The van der Waals surface area contributed by atoms with Gasteiger partial charge < -0.3 is 19.7 Å². The van der Waals surface area contributed by atoms with Crippen molar-refractivity contribution in [1.82, 2.24) is 10.6 Å². The lowest BCUT2D eigenvalue weighted by Crippen LogP contribution is -3.15. The maximum Gasteiger partial charge on any atom is 0.321 e. The molecule has 2 heterocycles. The fourth-order valence-corrected chi connectivity index (χ4v) is 5.02. The van der Waals surface area contributed by atoms with Crippen LogP contribution in [0.1, 0.15) is 69.9 Å². The predicted molar refractivity (Wildman–Crippen MR) is 113 cm³/mol. The number of amides is 3. The van der Waals surface area contributed by atoms with Crippen molar-refractivity contribution in [3.8, 4) is 11.5 Å². The predicted octanol–water partition coefficient (Wildman–Crippen LogP) is 2.11. The van der Waals surface area contributed by atoms with Gasteiger partial charge in [0, 0.05) is 30.9 Å². The summed E-state index contributed by atoms with van der Waals surface area (Å²) in [6, 6.07) is 5.88. The fourth-order valence-electron chi connectivity index (χ4n) is 5.02. The van der Waals surface area contributed by atoms with Crippen molar-refractivity contribution in [3.05, 3.63) is 23.8 Å². The summed E-state index contributed by atoms with van der Waals surface area (Å²) in [5.41, 5.74) is 1.16. The van der Waals surface area contributed by atoms with Crippen molar-refractivity contribution in [2.45, 2.75) is 76.4 Å². The molecule has 164 valence electrons. The van der Waals surface area contributed by atoms with Crippen LogP contribution in [0.25, 0.3) is 0 Å². The molecule has 3 N–H and O–H groups in total. The molecule has 1 unspecified atom stereocenters. The van der Waals surface area contributed by atoms with E-state index in [4.69, 9.17) is 9.47 Å². The number of hydrogen-bond donors (Lipinski definition) is 3. The molecule has 3 atom stereocenters. The number of ether oxygens (including phenoxy) is 2. The van der Waals surface area contributed by atoms with Crippen molar-refractivity contribution in [2.24, 2.45) is 0 Å². The van der Waals surface area contributed by atoms with Gasteiger partial charge in [-0.3, -0.25) is 10.1 Å². The molecule has 1 saturated heterocycles. The van der Waals surface area contributed by atoms with Gasteiger partial charge in [0.05, 0.1) is 19.8 Å². The van der Waals surface area contributed by atoms with Gasteiger partial charge >= 0.3 is 6.03 Å². The number of urea groups is 1. The first-order valence-electron chi connectivity index (χ1n) is 11.5. The van der Waals surface area contributed by atoms with E-state index in [0.29, 0.717) is 13.2 Å². The molecule has 0 radical (unpaired) electrons. The normalized spacial score (nSPS) is 25.2. The smallest absolute Gasteiger partial charge is 0.321 e.